The van der Waals surface area contributed by atoms with Gasteiger partial charge in [0.1, 0.15) is 11.5 Å². The van der Waals surface area contributed by atoms with Crippen molar-refractivity contribution >= 4 is 10.0 Å². The minimum Gasteiger partial charge on any atom is -0.497 e. The van der Waals surface area contributed by atoms with E-state index in [2.05, 4.69) is 4.72 Å². The summed E-state index contributed by atoms with van der Waals surface area (Å²) < 4.78 is 36.9. The standard InChI is InChI=1S/C13H22N2O4S/c1-4-12(8-14)20(16,17)15-9-10-5-6-11(18-2)7-13(10)19-3/h5-7,12,15H,4,8-9,14H2,1-3H3. The SMILES string of the molecule is CCC(CN)S(=O)(=O)NCc1ccc(OC)cc1OC. The Morgan fingerprint density at radius 3 is 2.50 bits per heavy atom. The highest BCUT2D eigenvalue weighted by molar-refractivity contribution is 7.90. The second-order valence-corrected chi connectivity index (χ2v) is 6.36. The molecule has 0 bridgehead atoms. The summed E-state index contributed by atoms with van der Waals surface area (Å²) in [7, 11) is -0.334. The van der Waals surface area contributed by atoms with Gasteiger partial charge in [-0.3, -0.25) is 0 Å². The Morgan fingerprint density at radius 1 is 1.30 bits per heavy atom. The van der Waals surface area contributed by atoms with Crippen molar-refractivity contribution in [1.29, 1.82) is 0 Å². The van der Waals surface area contributed by atoms with Crippen LogP contribution in [-0.4, -0.2) is 34.4 Å². The van der Waals surface area contributed by atoms with E-state index in [9.17, 15) is 8.42 Å². The molecule has 20 heavy (non-hydrogen) atoms. The number of rotatable bonds is 8. The maximum atomic E-state index is 12.0. The topological polar surface area (TPSA) is 90.7 Å². The molecule has 0 saturated heterocycles. The average Bonchev–Trinajstić information content (AvgIpc) is 2.45. The highest BCUT2D eigenvalue weighted by Crippen LogP contribution is 2.24. The molecule has 7 heteroatoms. The molecule has 1 rings (SSSR count). The molecule has 1 unspecified atom stereocenters. The van der Waals surface area contributed by atoms with Crippen molar-refractivity contribution < 1.29 is 17.9 Å². The third-order valence-corrected chi connectivity index (χ3v) is 5.07. The highest BCUT2D eigenvalue weighted by atomic mass is 32.2. The lowest BCUT2D eigenvalue weighted by Gasteiger charge is -2.16. The summed E-state index contributed by atoms with van der Waals surface area (Å²) in [5.74, 6) is 1.23. The largest absolute Gasteiger partial charge is 0.497 e. The molecule has 1 atom stereocenters. The zero-order valence-electron chi connectivity index (χ0n) is 12.0. The summed E-state index contributed by atoms with van der Waals surface area (Å²) in [5, 5.41) is -0.577. The molecule has 0 aliphatic carbocycles. The van der Waals surface area contributed by atoms with Gasteiger partial charge in [0.2, 0.25) is 10.0 Å². The van der Waals surface area contributed by atoms with E-state index in [-0.39, 0.29) is 13.1 Å². The third-order valence-electron chi connectivity index (χ3n) is 3.12. The molecular weight excluding hydrogens is 280 g/mol. The van der Waals surface area contributed by atoms with Gasteiger partial charge in [0.05, 0.1) is 19.5 Å². The van der Waals surface area contributed by atoms with E-state index in [0.717, 1.165) is 5.56 Å². The van der Waals surface area contributed by atoms with Crippen LogP contribution in [0, 0.1) is 0 Å². The molecule has 1 aromatic rings. The number of methoxy groups -OCH3 is 2. The van der Waals surface area contributed by atoms with Gasteiger partial charge in [-0.05, 0) is 12.5 Å². The molecule has 0 radical (unpaired) electrons. The first-order chi connectivity index (χ1) is 9.48. The summed E-state index contributed by atoms with van der Waals surface area (Å²) in [6.07, 6.45) is 0.478. The normalized spacial score (nSPS) is 13.0. The molecule has 0 spiro atoms. The molecule has 6 nitrogen and oxygen atoms in total. The number of nitrogens with one attached hydrogen (secondary N) is 1. The first-order valence-electron chi connectivity index (χ1n) is 6.37. The molecule has 1 aromatic carbocycles. The maximum absolute atomic E-state index is 12.0. The monoisotopic (exact) mass is 302 g/mol. The molecule has 0 amide bonds. The van der Waals surface area contributed by atoms with Crippen LogP contribution in [0.3, 0.4) is 0 Å². The second kappa shape index (κ2) is 7.47. The van der Waals surface area contributed by atoms with Gasteiger partial charge in [0, 0.05) is 24.7 Å². The van der Waals surface area contributed by atoms with Gasteiger partial charge in [-0.25, -0.2) is 13.1 Å². The van der Waals surface area contributed by atoms with Crippen LogP contribution in [0.1, 0.15) is 18.9 Å². The van der Waals surface area contributed by atoms with Crippen LogP contribution in [0.15, 0.2) is 18.2 Å². The third kappa shape index (κ3) is 4.09. The van der Waals surface area contributed by atoms with Crippen LogP contribution in [0.4, 0.5) is 0 Å². The van der Waals surface area contributed by atoms with Crippen LogP contribution < -0.4 is 19.9 Å². The van der Waals surface area contributed by atoms with Crippen LogP contribution >= 0.6 is 0 Å². The minimum atomic E-state index is -3.42. The summed E-state index contributed by atoms with van der Waals surface area (Å²) >= 11 is 0. The number of nitrogens with two attached hydrogens (primary N) is 1. The zero-order valence-corrected chi connectivity index (χ0v) is 12.9. The quantitative estimate of drug-likeness (QED) is 0.743. The molecule has 3 N–H and O–H groups in total. The van der Waals surface area contributed by atoms with E-state index >= 15 is 0 Å². The zero-order chi connectivity index (χ0) is 15.2. The highest BCUT2D eigenvalue weighted by Gasteiger charge is 2.22. The van der Waals surface area contributed by atoms with Crippen molar-refractivity contribution in [3.8, 4) is 11.5 Å². The Labute approximate surface area is 120 Å². The van der Waals surface area contributed by atoms with Gasteiger partial charge >= 0.3 is 0 Å². The predicted octanol–water partition coefficient (Wildman–Crippen LogP) is 0.861. The Balaban J connectivity index is 2.84. The number of benzene rings is 1. The fraction of sp³-hybridized carbons (Fsp3) is 0.538. The molecule has 0 heterocycles. The van der Waals surface area contributed by atoms with Gasteiger partial charge in [-0.1, -0.05) is 13.0 Å². The lowest BCUT2D eigenvalue weighted by atomic mass is 10.2. The Kier molecular flexibility index (Phi) is 6.25. The van der Waals surface area contributed by atoms with Gasteiger partial charge in [-0.15, -0.1) is 0 Å². The average molecular weight is 302 g/mol. The first-order valence-corrected chi connectivity index (χ1v) is 7.92. The molecule has 0 aromatic heterocycles. The van der Waals surface area contributed by atoms with Gasteiger partial charge < -0.3 is 15.2 Å². The van der Waals surface area contributed by atoms with Crippen LogP contribution in [0.25, 0.3) is 0 Å². The predicted molar refractivity (Wildman–Crippen MR) is 78.4 cm³/mol. The maximum Gasteiger partial charge on any atom is 0.216 e. The van der Waals surface area contributed by atoms with Crippen molar-refractivity contribution in [2.75, 3.05) is 20.8 Å². The van der Waals surface area contributed by atoms with E-state index in [4.69, 9.17) is 15.2 Å². The molecule has 0 aliphatic rings. The van der Waals surface area contributed by atoms with Crippen molar-refractivity contribution in [1.82, 2.24) is 4.72 Å². The molecular formula is C13H22N2O4S. The number of sulfonamides is 1. The van der Waals surface area contributed by atoms with E-state index in [1.165, 1.54) is 7.11 Å². The Hall–Kier alpha value is -1.31. The molecule has 114 valence electrons. The first kappa shape index (κ1) is 16.7. The Bertz CT molecular complexity index is 527. The van der Waals surface area contributed by atoms with Crippen molar-refractivity contribution in [2.45, 2.75) is 25.1 Å². The number of ether oxygens (including phenoxy) is 2. The van der Waals surface area contributed by atoms with E-state index in [0.29, 0.717) is 17.9 Å². The fourth-order valence-electron chi connectivity index (χ4n) is 1.81. The summed E-state index contributed by atoms with van der Waals surface area (Å²) in [4.78, 5) is 0. The summed E-state index contributed by atoms with van der Waals surface area (Å²) in [6.45, 7) is 2.06. The van der Waals surface area contributed by atoms with Gasteiger partial charge in [0.25, 0.3) is 0 Å². The fourth-order valence-corrected chi connectivity index (χ4v) is 3.09. The van der Waals surface area contributed by atoms with Crippen LogP contribution in [0.5, 0.6) is 11.5 Å². The van der Waals surface area contributed by atoms with Crippen LogP contribution in [0.2, 0.25) is 0 Å². The van der Waals surface area contributed by atoms with Crippen molar-refractivity contribution in [2.24, 2.45) is 5.73 Å². The van der Waals surface area contributed by atoms with E-state index in [1.54, 1.807) is 32.2 Å². The Morgan fingerprint density at radius 2 is 2.00 bits per heavy atom. The van der Waals surface area contributed by atoms with Crippen molar-refractivity contribution in [3.63, 3.8) is 0 Å². The smallest absolute Gasteiger partial charge is 0.216 e. The van der Waals surface area contributed by atoms with Gasteiger partial charge in [-0.2, -0.15) is 0 Å². The lowest BCUT2D eigenvalue weighted by Crippen LogP contribution is -2.38. The summed E-state index contributed by atoms with van der Waals surface area (Å²) in [6, 6.07) is 5.24. The molecule has 0 saturated carbocycles. The number of hydrogen-bond acceptors (Lipinski definition) is 5. The van der Waals surface area contributed by atoms with E-state index in [1.807, 2.05) is 0 Å². The summed E-state index contributed by atoms with van der Waals surface area (Å²) in [5.41, 5.74) is 6.21. The van der Waals surface area contributed by atoms with Gasteiger partial charge in [0.15, 0.2) is 0 Å². The number of hydrogen-bond donors (Lipinski definition) is 2. The van der Waals surface area contributed by atoms with E-state index < -0.39 is 15.3 Å². The second-order valence-electron chi connectivity index (χ2n) is 4.31. The molecule has 0 fully saturated rings. The van der Waals surface area contributed by atoms with Crippen LogP contribution in [-0.2, 0) is 16.6 Å². The molecule has 0 aliphatic heterocycles. The van der Waals surface area contributed by atoms with Crippen molar-refractivity contribution in [3.05, 3.63) is 23.8 Å². The lowest BCUT2D eigenvalue weighted by molar-refractivity contribution is 0.390. The minimum absolute atomic E-state index is 0.103.